The third-order valence-electron chi connectivity index (χ3n) is 3.62. The van der Waals surface area contributed by atoms with Gasteiger partial charge < -0.3 is 4.74 Å². The van der Waals surface area contributed by atoms with Gasteiger partial charge in [0.25, 0.3) is 0 Å². The smallest absolute Gasteiger partial charge is 0.169 e. The molecule has 0 atom stereocenters. The fourth-order valence-electron chi connectivity index (χ4n) is 2.52. The Labute approximate surface area is 101 Å². The van der Waals surface area contributed by atoms with E-state index in [0.29, 0.717) is 5.56 Å². The van der Waals surface area contributed by atoms with Crippen LogP contribution in [0.4, 0.5) is 4.39 Å². The first-order valence-electron chi connectivity index (χ1n) is 6.00. The molecular weight excluding hydrogens is 219 g/mol. The quantitative estimate of drug-likeness (QED) is 0.803. The number of carbonyl (C=O) groups is 1. The highest BCUT2D eigenvalue weighted by atomic mass is 19.1. The highest BCUT2D eigenvalue weighted by Gasteiger charge is 2.40. The number of carbonyl (C=O) groups excluding carboxylic acids is 1. The van der Waals surface area contributed by atoms with E-state index in [2.05, 4.69) is 0 Å². The fourth-order valence-corrected chi connectivity index (χ4v) is 2.52. The topological polar surface area (TPSA) is 26.3 Å². The third kappa shape index (κ3) is 2.39. The maximum atomic E-state index is 13.5. The maximum absolute atomic E-state index is 13.5. The van der Waals surface area contributed by atoms with Crippen molar-refractivity contribution in [3.63, 3.8) is 0 Å². The minimum atomic E-state index is -0.664. The van der Waals surface area contributed by atoms with E-state index in [1.54, 1.807) is 25.3 Å². The largest absolute Gasteiger partial charge is 0.370 e. The second-order valence-electron chi connectivity index (χ2n) is 4.60. The summed E-state index contributed by atoms with van der Waals surface area (Å²) in [5, 5.41) is 0. The van der Waals surface area contributed by atoms with Gasteiger partial charge in [0.05, 0.1) is 0 Å². The second kappa shape index (κ2) is 4.96. The molecule has 1 aliphatic rings. The van der Waals surface area contributed by atoms with Crippen molar-refractivity contribution in [3.05, 3.63) is 35.6 Å². The molecule has 1 aliphatic carbocycles. The minimum Gasteiger partial charge on any atom is -0.370 e. The zero-order valence-electron chi connectivity index (χ0n) is 10.0. The lowest BCUT2D eigenvalue weighted by molar-refractivity contribution is -0.139. The Morgan fingerprint density at radius 3 is 2.59 bits per heavy atom. The van der Waals surface area contributed by atoms with Gasteiger partial charge >= 0.3 is 0 Å². The molecule has 0 aromatic heterocycles. The summed E-state index contributed by atoms with van der Waals surface area (Å²) in [4.78, 5) is 12.2. The molecule has 0 saturated heterocycles. The highest BCUT2D eigenvalue weighted by molar-refractivity contribution is 5.89. The summed E-state index contributed by atoms with van der Waals surface area (Å²) < 4.78 is 18.9. The van der Waals surface area contributed by atoms with Crippen molar-refractivity contribution >= 4 is 5.78 Å². The minimum absolute atomic E-state index is 0.00241. The Morgan fingerprint density at radius 2 is 2.00 bits per heavy atom. The molecule has 0 amide bonds. The van der Waals surface area contributed by atoms with Gasteiger partial charge in [0.2, 0.25) is 0 Å². The molecular formula is C14H17FO2. The van der Waals surface area contributed by atoms with Crippen LogP contribution in [0.2, 0.25) is 0 Å². The summed E-state index contributed by atoms with van der Waals surface area (Å²) in [5.74, 6) is -0.312. The summed E-state index contributed by atoms with van der Waals surface area (Å²) in [6.45, 7) is 0. The number of ketones is 1. The van der Waals surface area contributed by atoms with Gasteiger partial charge in [-0.3, -0.25) is 4.79 Å². The number of methoxy groups -OCH3 is 1. The summed E-state index contributed by atoms with van der Waals surface area (Å²) in [5.41, 5.74) is -0.205. The lowest BCUT2D eigenvalue weighted by Crippen LogP contribution is -2.39. The predicted octanol–water partition coefficient (Wildman–Crippen LogP) is 2.90. The standard InChI is InChI=1S/C14H17FO2/c1-17-14(8-4-5-9-14)13(16)10-11-6-2-3-7-12(11)15/h2-3,6-7H,4-5,8-10H2,1H3. The van der Waals surface area contributed by atoms with Gasteiger partial charge in [-0.15, -0.1) is 0 Å². The molecule has 3 heteroatoms. The van der Waals surface area contributed by atoms with Gasteiger partial charge in [-0.05, 0) is 37.3 Å². The molecule has 92 valence electrons. The average Bonchev–Trinajstić information content (AvgIpc) is 2.82. The average molecular weight is 236 g/mol. The first kappa shape index (κ1) is 12.2. The molecule has 2 nitrogen and oxygen atoms in total. The van der Waals surface area contributed by atoms with Gasteiger partial charge in [0.1, 0.15) is 11.4 Å². The van der Waals surface area contributed by atoms with Crippen molar-refractivity contribution < 1.29 is 13.9 Å². The van der Waals surface area contributed by atoms with Crippen LogP contribution in [-0.2, 0) is 16.0 Å². The highest BCUT2D eigenvalue weighted by Crippen LogP contribution is 2.34. The van der Waals surface area contributed by atoms with E-state index in [-0.39, 0.29) is 18.0 Å². The predicted molar refractivity (Wildman–Crippen MR) is 63.3 cm³/mol. The molecule has 1 saturated carbocycles. The van der Waals surface area contributed by atoms with Crippen LogP contribution in [0.1, 0.15) is 31.2 Å². The van der Waals surface area contributed by atoms with Gasteiger partial charge in [-0.2, -0.15) is 0 Å². The normalized spacial score (nSPS) is 18.2. The molecule has 0 spiro atoms. The number of rotatable bonds is 4. The first-order valence-corrected chi connectivity index (χ1v) is 6.00. The van der Waals surface area contributed by atoms with Gasteiger partial charge in [0, 0.05) is 13.5 Å². The Hall–Kier alpha value is -1.22. The molecule has 0 heterocycles. The lowest BCUT2D eigenvalue weighted by atomic mass is 9.91. The number of benzene rings is 1. The van der Waals surface area contributed by atoms with Crippen LogP contribution >= 0.6 is 0 Å². The second-order valence-corrected chi connectivity index (χ2v) is 4.60. The van der Waals surface area contributed by atoms with Crippen LogP contribution < -0.4 is 0 Å². The molecule has 2 rings (SSSR count). The van der Waals surface area contributed by atoms with E-state index < -0.39 is 5.60 Å². The van der Waals surface area contributed by atoms with Crippen molar-refractivity contribution in [2.75, 3.05) is 7.11 Å². The van der Waals surface area contributed by atoms with Crippen molar-refractivity contribution in [2.24, 2.45) is 0 Å². The molecule has 0 aliphatic heterocycles. The molecule has 0 bridgehead atoms. The van der Waals surface area contributed by atoms with Gasteiger partial charge in [0.15, 0.2) is 5.78 Å². The number of halogens is 1. The summed E-state index contributed by atoms with van der Waals surface area (Å²) in [6, 6.07) is 6.42. The van der Waals surface area contributed by atoms with Crippen molar-refractivity contribution in [1.29, 1.82) is 0 Å². The summed E-state index contributed by atoms with van der Waals surface area (Å²) in [6.07, 6.45) is 3.67. The third-order valence-corrected chi connectivity index (χ3v) is 3.62. The Bertz CT molecular complexity index is 408. The molecule has 1 aromatic carbocycles. The van der Waals surface area contributed by atoms with Crippen LogP contribution in [0.5, 0.6) is 0 Å². The van der Waals surface area contributed by atoms with E-state index in [4.69, 9.17) is 4.74 Å². The van der Waals surface area contributed by atoms with E-state index in [9.17, 15) is 9.18 Å². The van der Waals surface area contributed by atoms with Crippen LogP contribution in [0.25, 0.3) is 0 Å². The number of ether oxygens (including phenoxy) is 1. The molecule has 1 aromatic rings. The number of hydrogen-bond acceptors (Lipinski definition) is 2. The monoisotopic (exact) mass is 236 g/mol. The molecule has 0 N–H and O–H groups in total. The zero-order chi connectivity index (χ0) is 12.3. The van der Waals surface area contributed by atoms with Crippen LogP contribution in [0, 0.1) is 5.82 Å². The molecule has 0 unspecified atom stereocenters. The Kier molecular flexibility index (Phi) is 3.57. The van der Waals surface area contributed by atoms with Crippen LogP contribution in [0.3, 0.4) is 0 Å². The summed E-state index contributed by atoms with van der Waals surface area (Å²) in [7, 11) is 1.57. The van der Waals surface area contributed by atoms with Gasteiger partial charge in [-0.1, -0.05) is 18.2 Å². The van der Waals surface area contributed by atoms with E-state index in [0.717, 1.165) is 25.7 Å². The van der Waals surface area contributed by atoms with E-state index in [1.165, 1.54) is 6.07 Å². The SMILES string of the molecule is COC1(C(=O)Cc2ccccc2F)CCCC1. The van der Waals surface area contributed by atoms with Crippen LogP contribution in [-0.4, -0.2) is 18.5 Å². The summed E-state index contributed by atoms with van der Waals surface area (Å²) >= 11 is 0. The lowest BCUT2D eigenvalue weighted by Gasteiger charge is -2.25. The van der Waals surface area contributed by atoms with Crippen molar-refractivity contribution in [3.8, 4) is 0 Å². The van der Waals surface area contributed by atoms with Crippen LogP contribution in [0.15, 0.2) is 24.3 Å². The number of hydrogen-bond donors (Lipinski definition) is 0. The fraction of sp³-hybridized carbons (Fsp3) is 0.500. The van der Waals surface area contributed by atoms with E-state index in [1.807, 2.05) is 0 Å². The van der Waals surface area contributed by atoms with Gasteiger partial charge in [-0.25, -0.2) is 4.39 Å². The first-order chi connectivity index (χ1) is 8.18. The van der Waals surface area contributed by atoms with Crippen molar-refractivity contribution in [2.45, 2.75) is 37.7 Å². The van der Waals surface area contributed by atoms with Crippen molar-refractivity contribution in [1.82, 2.24) is 0 Å². The Balaban J connectivity index is 2.14. The molecule has 1 fully saturated rings. The molecule has 0 radical (unpaired) electrons. The molecule has 17 heavy (non-hydrogen) atoms. The maximum Gasteiger partial charge on any atom is 0.169 e. The Morgan fingerprint density at radius 1 is 1.35 bits per heavy atom. The zero-order valence-corrected chi connectivity index (χ0v) is 10.0. The van der Waals surface area contributed by atoms with E-state index >= 15 is 0 Å². The number of Topliss-reactive ketones (excluding diaryl/α,β-unsaturated/α-hetero) is 1.